The molecule has 0 saturated carbocycles. The van der Waals surface area contributed by atoms with E-state index in [1.165, 1.54) is 0 Å². The number of esters is 1. The van der Waals surface area contributed by atoms with Crippen LogP contribution in [0.1, 0.15) is 131 Å². The molecule has 0 radical (unpaired) electrons. The molecule has 2 rings (SSSR count). The number of carboxylic acid groups (broad SMARTS) is 3. The van der Waals surface area contributed by atoms with E-state index in [9.17, 15) is 97.5 Å². The number of aliphatic carboxylic acids is 3. The lowest BCUT2D eigenvalue weighted by Crippen LogP contribution is -2.62. The van der Waals surface area contributed by atoms with Crippen LogP contribution in [0.25, 0.3) is 0 Å². The van der Waals surface area contributed by atoms with E-state index in [1.54, 1.807) is 65.0 Å². The highest BCUT2D eigenvalue weighted by Crippen LogP contribution is 2.21. The molecule has 0 unspecified atom stereocenters. The summed E-state index contributed by atoms with van der Waals surface area (Å²) in [6.07, 6.45) is -3.07. The third-order valence-electron chi connectivity index (χ3n) is 16.1. The van der Waals surface area contributed by atoms with Gasteiger partial charge in [-0.25, -0.2) is 4.79 Å². The van der Waals surface area contributed by atoms with Crippen molar-refractivity contribution in [3.8, 4) is 0 Å². The maximum atomic E-state index is 14.7. The summed E-state index contributed by atoms with van der Waals surface area (Å²) >= 11 is 5.27. The van der Waals surface area contributed by atoms with Gasteiger partial charge in [-0.2, -0.15) is 24.4 Å². The fraction of sp³-hybridized carbons (Fsp3) is 0.662. The normalized spacial score (nSPS) is 16.1. The van der Waals surface area contributed by atoms with Crippen molar-refractivity contribution in [1.82, 2.24) is 58.1 Å². The molecule has 11 amide bonds. The Hall–Kier alpha value is -8.92. The first-order valence-electron chi connectivity index (χ1n) is 34.3. The SMILES string of the molecule is CCCC(=O)OCCSC[C@H](NC(=O)[C@H](CCCCN)NC(=O)[C@H](CCC(=O)O)NC(=O)[C@@H](NC(=O)[C@@H]1CCCN1C(=O)[C@H](CCCN=C(N)N)NC(=O)[C@H](CO)NC(=O)[C@H](CC(C)C)NC(=O)[C@H](Cc1ccccc1)NC(=O)[C@H](CS)NC(=O)[C@H](CC(=O)O)NC(=O)[C@@H](N)C(C)C)[C@@H](C)O)C(=O)O. The molecule has 1 saturated heterocycles. The molecule has 104 heavy (non-hydrogen) atoms. The molecule has 39 heteroatoms. The topological polar surface area (TPSA) is 606 Å². The van der Waals surface area contributed by atoms with E-state index in [1.807, 2.05) is 0 Å². The van der Waals surface area contributed by atoms with Crippen LogP contribution in [-0.2, 0) is 83.1 Å². The van der Waals surface area contributed by atoms with Crippen molar-refractivity contribution in [2.24, 2.45) is 39.8 Å². The highest BCUT2D eigenvalue weighted by atomic mass is 32.2. The summed E-state index contributed by atoms with van der Waals surface area (Å²) in [5.41, 5.74) is 23.2. The predicted octanol–water partition coefficient (Wildman–Crippen LogP) is -4.92. The van der Waals surface area contributed by atoms with Crippen LogP contribution in [0.3, 0.4) is 0 Å². The zero-order valence-corrected chi connectivity index (χ0v) is 61.1. The Labute approximate surface area is 612 Å². The fourth-order valence-corrected chi connectivity index (χ4v) is 11.4. The first kappa shape index (κ1) is 91.2. The van der Waals surface area contributed by atoms with Gasteiger partial charge in [-0.05, 0) is 95.1 Å². The number of rotatable bonds is 50. The number of hydrogen-bond donors (Lipinski definition) is 20. The number of hydrogen-bond acceptors (Lipinski definition) is 23. The number of aliphatic hydroxyl groups is 2. The Morgan fingerprint density at radius 3 is 1.73 bits per heavy atom. The highest BCUT2D eigenvalue weighted by Gasteiger charge is 2.42. The number of aliphatic hydroxyl groups excluding tert-OH is 2. The van der Waals surface area contributed by atoms with Crippen molar-refractivity contribution < 1.29 is 102 Å². The minimum Gasteiger partial charge on any atom is -0.481 e. The molecule has 1 aliphatic rings. The van der Waals surface area contributed by atoms with Crippen molar-refractivity contribution in [2.75, 3.05) is 50.1 Å². The van der Waals surface area contributed by atoms with Gasteiger partial charge in [-0.3, -0.25) is 72.1 Å². The summed E-state index contributed by atoms with van der Waals surface area (Å²) in [5.74, 6) is -17.3. The number of carbonyl (C=O) groups excluding carboxylic acids is 12. The number of benzene rings is 1. The maximum absolute atomic E-state index is 14.7. The van der Waals surface area contributed by atoms with E-state index in [4.69, 9.17) is 27.7 Å². The Morgan fingerprint density at radius 1 is 0.635 bits per heavy atom. The van der Waals surface area contributed by atoms with Crippen LogP contribution in [0, 0.1) is 11.8 Å². The molecule has 23 N–H and O–H groups in total. The Bertz CT molecular complexity index is 3080. The average Bonchev–Trinajstić information content (AvgIpc) is 1.60. The van der Waals surface area contributed by atoms with Gasteiger partial charge in [0.15, 0.2) is 5.96 Å². The van der Waals surface area contributed by atoms with E-state index in [0.717, 1.165) is 23.6 Å². The number of likely N-dealkylation sites (tertiary alicyclic amines) is 1. The van der Waals surface area contributed by atoms with Gasteiger partial charge in [0.1, 0.15) is 73.1 Å². The molecule has 1 aromatic rings. The minimum absolute atomic E-state index is 0.0131. The van der Waals surface area contributed by atoms with Gasteiger partial charge >= 0.3 is 23.9 Å². The van der Waals surface area contributed by atoms with Crippen molar-refractivity contribution in [3.05, 3.63) is 35.9 Å². The number of nitrogens with two attached hydrogens (primary N) is 4. The van der Waals surface area contributed by atoms with Crippen molar-refractivity contribution in [2.45, 2.75) is 210 Å². The zero-order chi connectivity index (χ0) is 78.3. The number of thioether (sulfide) groups is 1. The van der Waals surface area contributed by atoms with Crippen molar-refractivity contribution in [3.63, 3.8) is 0 Å². The number of nitrogens with zero attached hydrogens (tertiary/aromatic N) is 2. The van der Waals surface area contributed by atoms with Crippen molar-refractivity contribution >= 4 is 119 Å². The second kappa shape index (κ2) is 48.2. The molecule has 37 nitrogen and oxygen atoms in total. The summed E-state index contributed by atoms with van der Waals surface area (Å²) in [6, 6.07) is -10.4. The molecule has 584 valence electrons. The van der Waals surface area contributed by atoms with Crippen LogP contribution < -0.4 is 76.1 Å². The molecule has 0 aromatic heterocycles. The van der Waals surface area contributed by atoms with E-state index in [2.05, 4.69) is 70.8 Å². The summed E-state index contributed by atoms with van der Waals surface area (Å²) in [7, 11) is 0. The largest absolute Gasteiger partial charge is 0.481 e. The zero-order valence-electron chi connectivity index (χ0n) is 59.4. The van der Waals surface area contributed by atoms with Crippen LogP contribution in [0.2, 0.25) is 0 Å². The van der Waals surface area contributed by atoms with E-state index in [-0.39, 0.29) is 107 Å². The smallest absolute Gasteiger partial charge is 0.327 e. The lowest BCUT2D eigenvalue weighted by Gasteiger charge is -2.31. The first-order valence-corrected chi connectivity index (χ1v) is 36.1. The second-order valence-corrected chi connectivity index (χ2v) is 27.1. The molecule has 13 atom stereocenters. The highest BCUT2D eigenvalue weighted by molar-refractivity contribution is 7.99. The van der Waals surface area contributed by atoms with E-state index in [0.29, 0.717) is 18.4 Å². The number of carboxylic acids is 3. The van der Waals surface area contributed by atoms with E-state index >= 15 is 0 Å². The third-order valence-corrected chi connectivity index (χ3v) is 17.5. The van der Waals surface area contributed by atoms with Gasteiger partial charge in [0, 0.05) is 49.6 Å². The molecule has 0 bridgehead atoms. The van der Waals surface area contributed by atoms with Crippen LogP contribution in [0.5, 0.6) is 0 Å². The molecular weight excluding hydrogens is 1400 g/mol. The van der Waals surface area contributed by atoms with Crippen LogP contribution in [0.4, 0.5) is 0 Å². The van der Waals surface area contributed by atoms with Crippen molar-refractivity contribution in [1.29, 1.82) is 0 Å². The number of unbranched alkanes of at least 4 members (excludes halogenated alkanes) is 1. The number of aliphatic imine (C=N–C) groups is 1. The lowest BCUT2D eigenvalue weighted by atomic mass is 10.0. The van der Waals surface area contributed by atoms with Gasteiger partial charge in [0.2, 0.25) is 65.0 Å². The molecule has 1 heterocycles. The average molecular weight is 1510 g/mol. The number of nitrogens with one attached hydrogen (secondary N) is 10. The van der Waals surface area contributed by atoms with Crippen LogP contribution in [-0.4, -0.2) is 254 Å². The molecule has 1 aromatic carbocycles. The van der Waals surface area contributed by atoms with Gasteiger partial charge in [0.05, 0.1) is 25.2 Å². The molecule has 1 aliphatic heterocycles. The fourth-order valence-electron chi connectivity index (χ4n) is 10.4. The number of guanidine groups is 1. The summed E-state index contributed by atoms with van der Waals surface area (Å²) in [4.78, 5) is 207. The first-order chi connectivity index (χ1) is 49.1. The maximum Gasteiger partial charge on any atom is 0.327 e. The van der Waals surface area contributed by atoms with Crippen LogP contribution >= 0.6 is 24.4 Å². The van der Waals surface area contributed by atoms with Gasteiger partial charge in [-0.1, -0.05) is 65.0 Å². The number of amides is 11. The molecule has 0 spiro atoms. The molecular formula is C65H106N16O21S2. The third kappa shape index (κ3) is 33.7. The second-order valence-electron chi connectivity index (χ2n) is 25.6. The summed E-state index contributed by atoms with van der Waals surface area (Å²) in [5, 5.41) is 75.1. The predicted molar refractivity (Wildman–Crippen MR) is 382 cm³/mol. The lowest BCUT2D eigenvalue weighted by molar-refractivity contribution is -0.143. The molecule has 1 fully saturated rings. The Morgan fingerprint density at radius 2 is 1.16 bits per heavy atom. The van der Waals surface area contributed by atoms with Gasteiger partial charge < -0.3 is 111 Å². The summed E-state index contributed by atoms with van der Waals surface area (Å²) < 4.78 is 5.09. The van der Waals surface area contributed by atoms with Gasteiger partial charge in [0.25, 0.3) is 0 Å². The van der Waals surface area contributed by atoms with E-state index < -0.39 is 205 Å². The van der Waals surface area contributed by atoms with Crippen LogP contribution in [0.15, 0.2) is 35.3 Å². The Balaban J connectivity index is 2.44. The standard InChI is InChI=1S/C65H106N16O21S2/c1-7-15-50(88)102-26-27-104-33-46(64(100)101)79-53(89)38(18-11-12-23-66)71-54(90)39(21-22-48(84)85)72-62(98)52(36(6)83)80-60(96)47-20-14-25-81(47)63(99)40(19-13-24-70-65(68)69)73-58(94)44(31-82)77-55(91)41(28-34(2)3)74-56(92)42(29-37-16-9-8-10-17-37)75-59(95)45(32-103)78-57(93)43(30-49(86)87)76-61(97)51(67)35(4)5/h8-10,16-17,34-36,38-47,51-52,82-83,103H,7,11-15,18-33,66-67H2,1-6H3,(H,71,90)(H,72,98)(H,73,94)(H,74,92)(H,75,95)(H,76,97)(H,77,91)(H,78,93)(H,79,89)(H,80,96)(H,84,85)(H,86,87)(H,100,101)(H4,68,69,70)/t36-,38+,39+,40+,41+,42+,43+,44+,45+,46+,47+,51+,52+/m1/s1. The van der Waals surface area contributed by atoms with Gasteiger partial charge in [-0.15, -0.1) is 0 Å². The minimum atomic E-state index is -1.90. The number of thiol groups is 1. The quantitative estimate of drug-likeness (QED) is 0.00956. The number of carbonyl (C=O) groups is 15. The molecule has 0 aliphatic carbocycles. The summed E-state index contributed by atoms with van der Waals surface area (Å²) in [6.45, 7) is 8.44. The number of ether oxygens (including phenoxy) is 1. The Kier molecular flexibility index (Phi) is 42.2. The monoisotopic (exact) mass is 1510 g/mol.